The van der Waals surface area contributed by atoms with E-state index in [0.717, 1.165) is 0 Å². The van der Waals surface area contributed by atoms with Gasteiger partial charge in [0.2, 0.25) is 0 Å². The third-order valence-electron chi connectivity index (χ3n) is 1.63. The Kier molecular flexibility index (Phi) is 5.64. The summed E-state index contributed by atoms with van der Waals surface area (Å²) in [5, 5.41) is 32.6. The molecular weight excluding hydrogens is 244 g/mol. The molecular formula is C11H10O7. The van der Waals surface area contributed by atoms with Crippen molar-refractivity contribution in [3.63, 3.8) is 0 Å². The lowest BCUT2D eigenvalue weighted by Gasteiger charge is -1.98. The van der Waals surface area contributed by atoms with Gasteiger partial charge in [0.15, 0.2) is 5.76 Å². The predicted molar refractivity (Wildman–Crippen MR) is 59.8 cm³/mol. The van der Waals surface area contributed by atoms with E-state index in [4.69, 9.17) is 20.4 Å². The van der Waals surface area contributed by atoms with Crippen molar-refractivity contribution in [2.24, 2.45) is 0 Å². The van der Waals surface area contributed by atoms with Crippen LogP contribution in [0.15, 0.2) is 36.6 Å². The molecule has 0 aliphatic rings. The minimum Gasteiger partial charge on any atom is -0.502 e. The minimum atomic E-state index is -1.38. The number of aliphatic hydroxyl groups excluding tert-OH is 1. The van der Waals surface area contributed by atoms with Crippen molar-refractivity contribution in [2.45, 2.75) is 0 Å². The van der Waals surface area contributed by atoms with E-state index < -0.39 is 23.7 Å². The van der Waals surface area contributed by atoms with Gasteiger partial charge in [0.05, 0.1) is 11.1 Å². The van der Waals surface area contributed by atoms with Crippen molar-refractivity contribution < 1.29 is 34.8 Å². The largest absolute Gasteiger partial charge is 0.502 e. The minimum absolute atomic E-state index is 0.190. The van der Waals surface area contributed by atoms with E-state index in [2.05, 4.69) is 6.58 Å². The Bertz CT molecular complexity index is 445. The molecule has 1 aromatic carbocycles. The molecule has 0 bridgehead atoms. The van der Waals surface area contributed by atoms with Crippen LogP contribution in [0.25, 0.3) is 0 Å². The molecule has 0 atom stereocenters. The monoisotopic (exact) mass is 254 g/mol. The highest BCUT2D eigenvalue weighted by Crippen LogP contribution is 2.07. The Morgan fingerprint density at radius 1 is 0.833 bits per heavy atom. The summed E-state index contributed by atoms with van der Waals surface area (Å²) in [7, 11) is 0. The molecule has 0 aliphatic carbocycles. The summed E-state index contributed by atoms with van der Waals surface area (Å²) >= 11 is 0. The number of benzene rings is 1. The second-order valence-corrected chi connectivity index (χ2v) is 2.91. The molecule has 0 unspecified atom stereocenters. The fourth-order valence-corrected chi connectivity index (χ4v) is 0.856. The van der Waals surface area contributed by atoms with E-state index in [1.165, 1.54) is 24.3 Å². The van der Waals surface area contributed by atoms with Gasteiger partial charge in [-0.3, -0.25) is 0 Å². The van der Waals surface area contributed by atoms with Gasteiger partial charge in [0.1, 0.15) is 0 Å². The number of aliphatic carboxylic acids is 1. The second kappa shape index (κ2) is 6.69. The molecule has 0 amide bonds. The molecule has 0 saturated heterocycles. The SMILES string of the molecule is C=C(O)C(=O)O.O=C(O)c1ccccc1C(=O)O. The van der Waals surface area contributed by atoms with Crippen LogP contribution in [0.3, 0.4) is 0 Å². The fourth-order valence-electron chi connectivity index (χ4n) is 0.856. The topological polar surface area (TPSA) is 132 Å². The summed E-state index contributed by atoms with van der Waals surface area (Å²) in [6, 6.07) is 5.48. The van der Waals surface area contributed by atoms with Crippen molar-refractivity contribution in [3.8, 4) is 0 Å². The molecule has 0 aromatic heterocycles. The Balaban J connectivity index is 0.000000411. The first-order valence-corrected chi connectivity index (χ1v) is 4.44. The standard InChI is InChI=1S/C8H6O4.C3H4O3/c9-7(10)5-3-1-2-4-6(5)8(11)12;1-2(4)3(5)6/h1-4H,(H,9,10)(H,11,12);4H,1H2,(H,5,6). The van der Waals surface area contributed by atoms with Crippen LogP contribution in [0.4, 0.5) is 0 Å². The summed E-state index contributed by atoms with van der Waals surface area (Å²) in [5.74, 6) is -4.66. The van der Waals surface area contributed by atoms with Crippen molar-refractivity contribution in [1.82, 2.24) is 0 Å². The van der Waals surface area contributed by atoms with Gasteiger partial charge in [0, 0.05) is 0 Å². The van der Waals surface area contributed by atoms with E-state index in [1.807, 2.05) is 0 Å². The molecule has 1 aromatic rings. The van der Waals surface area contributed by atoms with Crippen LogP contribution < -0.4 is 0 Å². The van der Waals surface area contributed by atoms with Crippen LogP contribution in [-0.2, 0) is 4.79 Å². The normalized spacial score (nSPS) is 8.67. The number of aliphatic hydroxyl groups is 1. The lowest BCUT2D eigenvalue weighted by atomic mass is 10.1. The summed E-state index contributed by atoms with van der Waals surface area (Å²) in [5.41, 5.74) is -0.380. The Labute approximate surface area is 101 Å². The Morgan fingerprint density at radius 2 is 1.11 bits per heavy atom. The first-order valence-electron chi connectivity index (χ1n) is 4.44. The number of aromatic carboxylic acids is 2. The van der Waals surface area contributed by atoms with Gasteiger partial charge < -0.3 is 20.4 Å². The molecule has 1 rings (SSSR count). The smallest absolute Gasteiger partial charge is 0.370 e. The molecule has 0 fully saturated rings. The fraction of sp³-hybridized carbons (Fsp3) is 0. The average Bonchev–Trinajstić information content (AvgIpc) is 2.29. The number of hydrogen-bond acceptors (Lipinski definition) is 4. The van der Waals surface area contributed by atoms with E-state index >= 15 is 0 Å². The molecule has 0 saturated carbocycles. The van der Waals surface area contributed by atoms with Crippen molar-refractivity contribution in [2.75, 3.05) is 0 Å². The molecule has 0 spiro atoms. The number of carbonyl (C=O) groups is 3. The average molecular weight is 254 g/mol. The van der Waals surface area contributed by atoms with Crippen LogP contribution in [0.2, 0.25) is 0 Å². The van der Waals surface area contributed by atoms with Gasteiger partial charge in [-0.25, -0.2) is 14.4 Å². The first kappa shape index (κ1) is 15.2. The zero-order chi connectivity index (χ0) is 14.3. The van der Waals surface area contributed by atoms with Crippen molar-refractivity contribution in [3.05, 3.63) is 47.7 Å². The molecule has 18 heavy (non-hydrogen) atoms. The molecule has 96 valence electrons. The molecule has 0 aliphatic heterocycles. The van der Waals surface area contributed by atoms with Crippen LogP contribution >= 0.6 is 0 Å². The van der Waals surface area contributed by atoms with Gasteiger partial charge in [-0.05, 0) is 18.7 Å². The summed E-state index contributed by atoms with van der Waals surface area (Å²) in [6.45, 7) is 2.71. The highest BCUT2D eigenvalue weighted by molar-refractivity contribution is 6.01. The maximum Gasteiger partial charge on any atom is 0.370 e. The molecule has 0 heterocycles. The zero-order valence-corrected chi connectivity index (χ0v) is 9.03. The van der Waals surface area contributed by atoms with Gasteiger partial charge in [-0.15, -0.1) is 0 Å². The highest BCUT2D eigenvalue weighted by atomic mass is 16.4. The molecule has 7 nitrogen and oxygen atoms in total. The van der Waals surface area contributed by atoms with E-state index in [1.54, 1.807) is 0 Å². The first-order chi connectivity index (χ1) is 8.27. The van der Waals surface area contributed by atoms with Gasteiger partial charge in [0.25, 0.3) is 0 Å². The molecule has 4 N–H and O–H groups in total. The van der Waals surface area contributed by atoms with Gasteiger partial charge in [-0.1, -0.05) is 12.1 Å². The zero-order valence-electron chi connectivity index (χ0n) is 9.03. The lowest BCUT2D eigenvalue weighted by molar-refractivity contribution is -0.135. The van der Waals surface area contributed by atoms with Crippen LogP contribution in [0.1, 0.15) is 20.7 Å². The molecule has 7 heteroatoms. The van der Waals surface area contributed by atoms with E-state index in [-0.39, 0.29) is 11.1 Å². The number of rotatable bonds is 3. The second-order valence-electron chi connectivity index (χ2n) is 2.91. The highest BCUT2D eigenvalue weighted by Gasteiger charge is 2.13. The summed E-state index contributed by atoms with van der Waals surface area (Å²) < 4.78 is 0. The summed E-state index contributed by atoms with van der Waals surface area (Å²) in [6.07, 6.45) is 0. The Morgan fingerprint density at radius 3 is 1.28 bits per heavy atom. The van der Waals surface area contributed by atoms with Gasteiger partial charge in [-0.2, -0.15) is 0 Å². The third-order valence-corrected chi connectivity index (χ3v) is 1.63. The number of hydrogen-bond donors (Lipinski definition) is 4. The lowest BCUT2D eigenvalue weighted by Crippen LogP contribution is -2.06. The van der Waals surface area contributed by atoms with Crippen LogP contribution in [0.5, 0.6) is 0 Å². The summed E-state index contributed by atoms with van der Waals surface area (Å²) in [4.78, 5) is 30.3. The van der Waals surface area contributed by atoms with Crippen LogP contribution in [0, 0.1) is 0 Å². The quantitative estimate of drug-likeness (QED) is 0.471. The molecule has 0 radical (unpaired) electrons. The predicted octanol–water partition coefficient (Wildman–Crippen LogP) is 1.23. The maximum absolute atomic E-state index is 10.5. The Hall–Kier alpha value is -2.83. The van der Waals surface area contributed by atoms with Crippen molar-refractivity contribution >= 4 is 17.9 Å². The van der Waals surface area contributed by atoms with E-state index in [0.29, 0.717) is 0 Å². The van der Waals surface area contributed by atoms with E-state index in [9.17, 15) is 14.4 Å². The van der Waals surface area contributed by atoms with Crippen molar-refractivity contribution in [1.29, 1.82) is 0 Å². The van der Waals surface area contributed by atoms with Gasteiger partial charge >= 0.3 is 17.9 Å². The van der Waals surface area contributed by atoms with Crippen LogP contribution in [-0.4, -0.2) is 38.3 Å². The number of carboxylic acids is 3. The number of carboxylic acid groups (broad SMARTS) is 3. The third kappa shape index (κ3) is 4.79. The maximum atomic E-state index is 10.5.